The van der Waals surface area contributed by atoms with E-state index in [1.165, 1.54) is 6.33 Å². The number of anilines is 1. The molecule has 3 rings (SSSR count). The van der Waals surface area contributed by atoms with Crippen molar-refractivity contribution in [2.45, 2.75) is 0 Å². The molecular formula is C11H7BrClN5. The second-order valence-electron chi connectivity index (χ2n) is 3.67. The highest BCUT2D eigenvalue weighted by Gasteiger charge is 2.11. The Morgan fingerprint density at radius 3 is 2.83 bits per heavy atom. The Kier molecular flexibility index (Phi) is 2.68. The van der Waals surface area contributed by atoms with E-state index < -0.39 is 0 Å². The molecule has 0 radical (unpaired) electrons. The summed E-state index contributed by atoms with van der Waals surface area (Å²) in [5.41, 5.74) is 7.68. The zero-order valence-corrected chi connectivity index (χ0v) is 11.3. The fourth-order valence-electron chi connectivity index (χ4n) is 1.66. The van der Waals surface area contributed by atoms with Crippen molar-refractivity contribution in [2.75, 3.05) is 5.73 Å². The average Bonchev–Trinajstić information content (AvgIpc) is 2.74. The van der Waals surface area contributed by atoms with Crippen LogP contribution in [-0.2, 0) is 0 Å². The van der Waals surface area contributed by atoms with Crippen LogP contribution in [0.25, 0.3) is 22.6 Å². The minimum absolute atomic E-state index is 0.368. The summed E-state index contributed by atoms with van der Waals surface area (Å²) in [6, 6.07) is 5.57. The van der Waals surface area contributed by atoms with E-state index in [1.54, 1.807) is 6.07 Å². The molecule has 0 aliphatic carbocycles. The van der Waals surface area contributed by atoms with Gasteiger partial charge in [0, 0.05) is 10.0 Å². The molecule has 3 aromatic rings. The molecule has 7 heteroatoms. The molecule has 0 bridgehead atoms. The number of hydrogen-bond acceptors (Lipinski definition) is 4. The van der Waals surface area contributed by atoms with Crippen LogP contribution in [0.2, 0.25) is 5.02 Å². The summed E-state index contributed by atoms with van der Waals surface area (Å²) >= 11 is 9.53. The number of nitrogen functional groups attached to an aromatic ring is 1. The number of halogens is 2. The predicted octanol–water partition coefficient (Wildman–Crippen LogP) is 3.02. The number of nitrogens with two attached hydrogens (primary N) is 1. The molecule has 5 nitrogen and oxygen atoms in total. The second-order valence-corrected chi connectivity index (χ2v) is 4.99. The molecular weight excluding hydrogens is 318 g/mol. The van der Waals surface area contributed by atoms with Gasteiger partial charge in [-0.25, -0.2) is 15.0 Å². The molecule has 0 aliphatic rings. The zero-order valence-electron chi connectivity index (χ0n) is 8.98. The molecule has 1 aromatic carbocycles. The maximum atomic E-state index is 6.17. The fraction of sp³-hybridized carbons (Fsp3) is 0. The molecule has 2 heterocycles. The van der Waals surface area contributed by atoms with Gasteiger partial charge in [0.2, 0.25) is 0 Å². The van der Waals surface area contributed by atoms with E-state index in [1.807, 2.05) is 12.1 Å². The van der Waals surface area contributed by atoms with Crippen molar-refractivity contribution in [3.63, 3.8) is 0 Å². The van der Waals surface area contributed by atoms with Crippen LogP contribution < -0.4 is 5.73 Å². The van der Waals surface area contributed by atoms with E-state index in [9.17, 15) is 0 Å². The van der Waals surface area contributed by atoms with Gasteiger partial charge in [0.25, 0.3) is 0 Å². The van der Waals surface area contributed by atoms with Gasteiger partial charge < -0.3 is 10.7 Å². The number of aromatic amines is 1. The molecule has 90 valence electrons. The lowest BCUT2D eigenvalue weighted by molar-refractivity contribution is 1.21. The molecule has 0 saturated carbocycles. The van der Waals surface area contributed by atoms with Crippen molar-refractivity contribution in [1.82, 2.24) is 19.9 Å². The van der Waals surface area contributed by atoms with Gasteiger partial charge in [-0.1, -0.05) is 27.5 Å². The van der Waals surface area contributed by atoms with Gasteiger partial charge in [0.1, 0.15) is 17.7 Å². The minimum atomic E-state index is 0.368. The number of fused-ring (bicyclic) bond motifs is 1. The van der Waals surface area contributed by atoms with Gasteiger partial charge >= 0.3 is 0 Å². The monoisotopic (exact) mass is 323 g/mol. The lowest BCUT2D eigenvalue weighted by Crippen LogP contribution is -1.91. The Morgan fingerprint density at radius 1 is 1.28 bits per heavy atom. The summed E-state index contributed by atoms with van der Waals surface area (Å²) < 4.78 is 0.909. The number of H-pyrrole nitrogens is 1. The SMILES string of the molecule is Nc1ncnc2nc(-c3ccc(Br)cc3Cl)[nH]c12. The van der Waals surface area contributed by atoms with Gasteiger partial charge in [0.05, 0.1) is 5.02 Å². The van der Waals surface area contributed by atoms with Crippen LogP contribution in [0.4, 0.5) is 5.82 Å². The number of nitrogens with zero attached hydrogens (tertiary/aromatic N) is 3. The third-order valence-electron chi connectivity index (χ3n) is 2.50. The highest BCUT2D eigenvalue weighted by molar-refractivity contribution is 9.10. The molecule has 0 fully saturated rings. The summed E-state index contributed by atoms with van der Waals surface area (Å²) in [5.74, 6) is 0.988. The van der Waals surface area contributed by atoms with E-state index in [-0.39, 0.29) is 0 Å². The molecule has 0 spiro atoms. The van der Waals surface area contributed by atoms with Crippen LogP contribution in [0.1, 0.15) is 0 Å². The molecule has 0 aliphatic heterocycles. The lowest BCUT2D eigenvalue weighted by atomic mass is 10.2. The van der Waals surface area contributed by atoms with E-state index in [4.69, 9.17) is 17.3 Å². The molecule has 0 amide bonds. The van der Waals surface area contributed by atoms with E-state index in [2.05, 4.69) is 35.9 Å². The van der Waals surface area contributed by atoms with Crippen molar-refractivity contribution in [3.05, 3.63) is 34.0 Å². The Labute approximate surface area is 116 Å². The maximum Gasteiger partial charge on any atom is 0.183 e. The highest BCUT2D eigenvalue weighted by atomic mass is 79.9. The van der Waals surface area contributed by atoms with Crippen molar-refractivity contribution in [1.29, 1.82) is 0 Å². The molecule has 3 N–H and O–H groups in total. The van der Waals surface area contributed by atoms with Gasteiger partial charge in [-0.2, -0.15) is 0 Å². The summed E-state index contributed by atoms with van der Waals surface area (Å²) in [7, 11) is 0. The first-order chi connectivity index (χ1) is 8.65. The Bertz CT molecular complexity index is 739. The normalized spacial score (nSPS) is 11.0. The first-order valence-corrected chi connectivity index (χ1v) is 6.24. The molecule has 18 heavy (non-hydrogen) atoms. The number of rotatable bonds is 1. The second kappa shape index (κ2) is 4.22. The zero-order chi connectivity index (χ0) is 12.7. The fourth-order valence-corrected chi connectivity index (χ4v) is 2.42. The maximum absolute atomic E-state index is 6.17. The van der Waals surface area contributed by atoms with Crippen molar-refractivity contribution >= 4 is 44.5 Å². The van der Waals surface area contributed by atoms with Gasteiger partial charge in [-0.05, 0) is 18.2 Å². The molecule has 0 saturated heterocycles. The van der Waals surface area contributed by atoms with E-state index in [0.717, 1.165) is 10.0 Å². The minimum Gasteiger partial charge on any atom is -0.382 e. The standard InChI is InChI=1S/C11H7BrClN5/c12-5-1-2-6(7(13)3-5)10-17-8-9(14)15-4-16-11(8)18-10/h1-4H,(H3,14,15,16,17,18). The predicted molar refractivity (Wildman–Crippen MR) is 74.2 cm³/mol. The lowest BCUT2D eigenvalue weighted by Gasteiger charge is -2.00. The van der Waals surface area contributed by atoms with Crippen LogP contribution in [0.15, 0.2) is 29.0 Å². The van der Waals surface area contributed by atoms with Crippen LogP contribution >= 0.6 is 27.5 Å². The molecule has 0 atom stereocenters. The molecule has 2 aromatic heterocycles. The first kappa shape index (κ1) is 11.4. The Morgan fingerprint density at radius 2 is 2.11 bits per heavy atom. The number of hydrogen-bond donors (Lipinski definition) is 2. The van der Waals surface area contributed by atoms with Gasteiger partial charge in [-0.15, -0.1) is 0 Å². The largest absolute Gasteiger partial charge is 0.382 e. The summed E-state index contributed by atoms with van der Waals surface area (Å²) in [6.07, 6.45) is 1.38. The summed E-state index contributed by atoms with van der Waals surface area (Å²) in [4.78, 5) is 15.4. The summed E-state index contributed by atoms with van der Waals surface area (Å²) in [6.45, 7) is 0. The van der Waals surface area contributed by atoms with Crippen molar-refractivity contribution in [2.24, 2.45) is 0 Å². The summed E-state index contributed by atoms with van der Waals surface area (Å²) in [5, 5.41) is 0.593. The Hall–Kier alpha value is -1.66. The van der Waals surface area contributed by atoms with Crippen LogP contribution in [-0.4, -0.2) is 19.9 Å². The van der Waals surface area contributed by atoms with Gasteiger partial charge in [0.15, 0.2) is 11.5 Å². The number of benzene rings is 1. The topological polar surface area (TPSA) is 80.5 Å². The third kappa shape index (κ3) is 1.83. The quantitative estimate of drug-likeness (QED) is 0.721. The number of nitrogens with one attached hydrogen (secondary N) is 1. The van der Waals surface area contributed by atoms with Crippen molar-refractivity contribution in [3.8, 4) is 11.4 Å². The van der Waals surface area contributed by atoms with Gasteiger partial charge in [-0.3, -0.25) is 0 Å². The third-order valence-corrected chi connectivity index (χ3v) is 3.31. The van der Waals surface area contributed by atoms with Crippen molar-refractivity contribution < 1.29 is 0 Å². The molecule has 0 unspecified atom stereocenters. The Balaban J connectivity index is 2.23. The smallest absolute Gasteiger partial charge is 0.183 e. The highest BCUT2D eigenvalue weighted by Crippen LogP contribution is 2.30. The first-order valence-electron chi connectivity index (χ1n) is 5.07. The number of imidazole rings is 1. The number of aromatic nitrogens is 4. The average molecular weight is 325 g/mol. The van der Waals surface area contributed by atoms with Crippen LogP contribution in [0, 0.1) is 0 Å². The van der Waals surface area contributed by atoms with E-state index >= 15 is 0 Å². The van der Waals surface area contributed by atoms with Crippen LogP contribution in [0.3, 0.4) is 0 Å². The van der Waals surface area contributed by atoms with Crippen LogP contribution in [0.5, 0.6) is 0 Å². The van der Waals surface area contributed by atoms with E-state index in [0.29, 0.717) is 27.8 Å².